The summed E-state index contributed by atoms with van der Waals surface area (Å²) in [7, 11) is 0. The molecule has 0 fully saturated rings. The molecule has 0 spiro atoms. The summed E-state index contributed by atoms with van der Waals surface area (Å²) in [6.07, 6.45) is 58.4. The van der Waals surface area contributed by atoms with Gasteiger partial charge in [-0.15, -0.1) is 0 Å². The summed E-state index contributed by atoms with van der Waals surface area (Å²) in [4.78, 5) is 26.1. The van der Waals surface area contributed by atoms with Crippen LogP contribution in [0.25, 0.3) is 0 Å². The summed E-state index contributed by atoms with van der Waals surface area (Å²) < 4.78 is 5.91. The van der Waals surface area contributed by atoms with Crippen molar-refractivity contribution in [2.24, 2.45) is 0 Å². The fourth-order valence-electron chi connectivity index (χ4n) is 7.43. The van der Waals surface area contributed by atoms with Crippen molar-refractivity contribution >= 4 is 11.9 Å². The van der Waals surface area contributed by atoms with Crippen LogP contribution in [0.4, 0.5) is 0 Å². The van der Waals surface area contributed by atoms with Crippen molar-refractivity contribution in [2.45, 2.75) is 264 Å². The molecule has 0 aliphatic heterocycles. The van der Waals surface area contributed by atoms with Crippen LogP contribution in [0.1, 0.15) is 245 Å². The Morgan fingerprint density at radius 1 is 0.500 bits per heavy atom. The molecule has 0 aromatic rings. The maximum atomic E-state index is 13.2. The number of allylic oxidation sites excluding steroid dienone is 10. The summed E-state index contributed by atoms with van der Waals surface area (Å²) in [5.74, 6) is -0.519. The molecule has 6 heteroatoms. The van der Waals surface area contributed by atoms with Gasteiger partial charge in [0, 0.05) is 6.42 Å². The van der Waals surface area contributed by atoms with Gasteiger partial charge >= 0.3 is 5.97 Å². The first-order valence-electron chi connectivity index (χ1n) is 25.5. The van der Waals surface area contributed by atoms with Crippen molar-refractivity contribution in [1.82, 2.24) is 5.32 Å². The van der Waals surface area contributed by atoms with E-state index in [9.17, 15) is 19.8 Å². The molecule has 0 aliphatic carbocycles. The Kier molecular flexibility index (Phi) is 45.7. The molecule has 0 saturated heterocycles. The third-order valence-corrected chi connectivity index (χ3v) is 11.3. The van der Waals surface area contributed by atoms with E-state index in [1.165, 1.54) is 96.3 Å². The molecular weight excluding hydrogens is 743 g/mol. The molecule has 0 rings (SSSR count). The molecule has 0 aliphatic rings. The second-order valence-corrected chi connectivity index (χ2v) is 17.2. The van der Waals surface area contributed by atoms with Crippen molar-refractivity contribution in [3.05, 3.63) is 60.8 Å². The number of ether oxygens (including phenoxy) is 1. The summed E-state index contributed by atoms with van der Waals surface area (Å²) in [6.45, 7) is 6.40. The fourth-order valence-corrected chi connectivity index (χ4v) is 7.43. The standard InChI is InChI=1S/C54H97NO5/c1-4-7-10-13-16-19-22-24-25-26-27-29-32-35-38-41-44-47-54(59)60-50(45-42-39-36-33-31-28-23-20-17-14-11-8-5-2)48-53(58)55-51(49-56)52(57)46-43-40-37-34-30-21-18-15-12-9-6-3/h16-17,19-20,23-25,27-29,50-52,56-57H,4-15,18,21-22,26,30-49H2,1-3H3,(H,55,58)/b19-16-,20-17+,25-24-,28-23+,29-27-. The summed E-state index contributed by atoms with van der Waals surface area (Å²) >= 11 is 0. The molecule has 0 saturated carbocycles. The average Bonchev–Trinajstić information content (AvgIpc) is 3.24. The van der Waals surface area contributed by atoms with Gasteiger partial charge in [-0.05, 0) is 89.9 Å². The van der Waals surface area contributed by atoms with Crippen LogP contribution in [-0.2, 0) is 14.3 Å². The van der Waals surface area contributed by atoms with Crippen LogP contribution in [0.2, 0.25) is 0 Å². The Balaban J connectivity index is 4.65. The van der Waals surface area contributed by atoms with E-state index in [2.05, 4.69) is 86.8 Å². The van der Waals surface area contributed by atoms with Gasteiger partial charge in [0.15, 0.2) is 0 Å². The summed E-state index contributed by atoms with van der Waals surface area (Å²) in [6, 6.07) is -0.713. The quantitative estimate of drug-likeness (QED) is 0.0246. The van der Waals surface area contributed by atoms with Gasteiger partial charge < -0.3 is 20.3 Å². The second kappa shape index (κ2) is 47.6. The van der Waals surface area contributed by atoms with Gasteiger partial charge in [0.1, 0.15) is 6.10 Å². The van der Waals surface area contributed by atoms with Gasteiger partial charge in [0.05, 0.1) is 25.2 Å². The molecule has 1 amide bonds. The highest BCUT2D eigenvalue weighted by molar-refractivity contribution is 5.77. The van der Waals surface area contributed by atoms with E-state index in [0.29, 0.717) is 19.3 Å². The zero-order chi connectivity index (χ0) is 43.8. The minimum absolute atomic E-state index is 0.0536. The molecule has 60 heavy (non-hydrogen) atoms. The van der Waals surface area contributed by atoms with Gasteiger partial charge in [-0.2, -0.15) is 0 Å². The number of carbonyl (C=O) groups excluding carboxylic acids is 2. The maximum absolute atomic E-state index is 13.2. The number of esters is 1. The van der Waals surface area contributed by atoms with Gasteiger partial charge in [-0.25, -0.2) is 0 Å². The zero-order valence-electron chi connectivity index (χ0n) is 39.6. The average molecular weight is 840 g/mol. The number of hydrogen-bond donors (Lipinski definition) is 3. The van der Waals surface area contributed by atoms with E-state index in [-0.39, 0.29) is 24.9 Å². The minimum Gasteiger partial charge on any atom is -0.462 e. The van der Waals surface area contributed by atoms with Gasteiger partial charge in [-0.1, -0.05) is 204 Å². The third-order valence-electron chi connectivity index (χ3n) is 11.3. The maximum Gasteiger partial charge on any atom is 0.306 e. The fraction of sp³-hybridized carbons (Fsp3) is 0.778. The highest BCUT2D eigenvalue weighted by atomic mass is 16.5. The predicted octanol–water partition coefficient (Wildman–Crippen LogP) is 15.2. The molecule has 3 N–H and O–H groups in total. The predicted molar refractivity (Wildman–Crippen MR) is 259 cm³/mol. The molecule has 6 nitrogen and oxygen atoms in total. The monoisotopic (exact) mass is 840 g/mol. The number of amides is 1. The van der Waals surface area contributed by atoms with E-state index in [4.69, 9.17) is 4.74 Å². The Hall–Kier alpha value is -2.44. The Morgan fingerprint density at radius 3 is 1.42 bits per heavy atom. The van der Waals surface area contributed by atoms with Crippen molar-refractivity contribution in [2.75, 3.05) is 6.61 Å². The molecule has 0 aromatic heterocycles. The van der Waals surface area contributed by atoms with Crippen LogP contribution in [0.3, 0.4) is 0 Å². The lowest BCUT2D eigenvalue weighted by Crippen LogP contribution is -2.46. The number of unbranched alkanes of at least 4 members (excludes halogenated alkanes) is 24. The minimum atomic E-state index is -0.797. The smallest absolute Gasteiger partial charge is 0.306 e. The van der Waals surface area contributed by atoms with E-state index in [1.807, 2.05) is 0 Å². The van der Waals surface area contributed by atoms with E-state index in [0.717, 1.165) is 103 Å². The number of hydrogen-bond acceptors (Lipinski definition) is 5. The lowest BCUT2D eigenvalue weighted by Gasteiger charge is -2.24. The Labute approximate surface area is 371 Å². The Morgan fingerprint density at radius 2 is 0.900 bits per heavy atom. The third kappa shape index (κ3) is 42.3. The van der Waals surface area contributed by atoms with Crippen LogP contribution in [0.5, 0.6) is 0 Å². The molecule has 0 aromatic carbocycles. The number of aliphatic hydroxyl groups excluding tert-OH is 2. The van der Waals surface area contributed by atoms with E-state index < -0.39 is 18.2 Å². The largest absolute Gasteiger partial charge is 0.462 e. The molecule has 3 atom stereocenters. The number of nitrogens with one attached hydrogen (secondary N) is 1. The first kappa shape index (κ1) is 57.6. The molecule has 3 unspecified atom stereocenters. The van der Waals surface area contributed by atoms with E-state index in [1.54, 1.807) is 0 Å². The summed E-state index contributed by atoms with van der Waals surface area (Å²) in [5.41, 5.74) is 0. The van der Waals surface area contributed by atoms with Crippen LogP contribution < -0.4 is 5.32 Å². The Bertz CT molecular complexity index is 1080. The highest BCUT2D eigenvalue weighted by Crippen LogP contribution is 2.17. The van der Waals surface area contributed by atoms with Crippen molar-refractivity contribution < 1.29 is 24.5 Å². The highest BCUT2D eigenvalue weighted by Gasteiger charge is 2.24. The topological polar surface area (TPSA) is 95.9 Å². The van der Waals surface area contributed by atoms with Crippen molar-refractivity contribution in [1.29, 1.82) is 0 Å². The molecule has 0 radical (unpaired) electrons. The second-order valence-electron chi connectivity index (χ2n) is 17.2. The van der Waals surface area contributed by atoms with Crippen molar-refractivity contribution in [3.63, 3.8) is 0 Å². The van der Waals surface area contributed by atoms with Crippen molar-refractivity contribution in [3.8, 4) is 0 Å². The zero-order valence-corrected chi connectivity index (χ0v) is 39.6. The first-order chi connectivity index (χ1) is 29.5. The number of rotatable bonds is 45. The van der Waals surface area contributed by atoms with Gasteiger partial charge in [0.25, 0.3) is 0 Å². The molecule has 0 bridgehead atoms. The van der Waals surface area contributed by atoms with Crippen LogP contribution >= 0.6 is 0 Å². The van der Waals surface area contributed by atoms with Crippen LogP contribution in [0.15, 0.2) is 60.8 Å². The molecule has 0 heterocycles. The molecular formula is C54H97NO5. The first-order valence-corrected chi connectivity index (χ1v) is 25.5. The summed E-state index contributed by atoms with van der Waals surface area (Å²) in [5, 5.41) is 23.7. The van der Waals surface area contributed by atoms with Crippen LogP contribution in [0, 0.1) is 0 Å². The molecule has 348 valence electrons. The number of carbonyl (C=O) groups is 2. The SMILES string of the molecule is CCCCC/C=C\C/C=C\C/C=C\CCCCCCC(=O)OC(CCCCCC/C=C/C=C/CCCCC)CC(=O)NC(CO)C(O)CCCCCCCCCCCCC. The normalized spacial score (nSPS) is 13.8. The van der Waals surface area contributed by atoms with Gasteiger partial charge in [-0.3, -0.25) is 9.59 Å². The van der Waals surface area contributed by atoms with Crippen LogP contribution in [-0.4, -0.2) is 46.9 Å². The van der Waals surface area contributed by atoms with E-state index >= 15 is 0 Å². The number of aliphatic hydroxyl groups is 2. The van der Waals surface area contributed by atoms with Gasteiger partial charge in [0.2, 0.25) is 5.91 Å². The lowest BCUT2D eigenvalue weighted by molar-refractivity contribution is -0.151. The lowest BCUT2D eigenvalue weighted by atomic mass is 10.0.